The molecule has 0 radical (unpaired) electrons. The molecule has 0 amide bonds. The highest BCUT2D eigenvalue weighted by Crippen LogP contribution is 2.26. The van der Waals surface area contributed by atoms with Gasteiger partial charge >= 0.3 is 0 Å². The standard InChI is InChI=1S/C14H18ClN3O/c1-14(2,3)12-16-17-13(15)18(12)9-10-7-5-6-8-11(10)19-4/h5-8H,9H2,1-4H3. The van der Waals surface area contributed by atoms with Gasteiger partial charge in [0.05, 0.1) is 13.7 Å². The maximum Gasteiger partial charge on any atom is 0.225 e. The molecule has 0 spiro atoms. The Morgan fingerprint density at radius 2 is 1.89 bits per heavy atom. The van der Waals surface area contributed by atoms with Crippen molar-refractivity contribution in [2.24, 2.45) is 0 Å². The highest BCUT2D eigenvalue weighted by atomic mass is 35.5. The Hall–Kier alpha value is -1.55. The van der Waals surface area contributed by atoms with E-state index in [4.69, 9.17) is 16.3 Å². The summed E-state index contributed by atoms with van der Waals surface area (Å²) in [6.45, 7) is 6.87. The number of halogens is 1. The lowest BCUT2D eigenvalue weighted by Crippen LogP contribution is -2.19. The molecule has 19 heavy (non-hydrogen) atoms. The van der Waals surface area contributed by atoms with Gasteiger partial charge in [-0.05, 0) is 17.7 Å². The minimum absolute atomic E-state index is 0.109. The first-order valence-corrected chi connectivity index (χ1v) is 6.52. The zero-order valence-corrected chi connectivity index (χ0v) is 12.4. The topological polar surface area (TPSA) is 39.9 Å². The van der Waals surface area contributed by atoms with Gasteiger partial charge in [0.1, 0.15) is 11.6 Å². The van der Waals surface area contributed by atoms with Crippen molar-refractivity contribution in [3.63, 3.8) is 0 Å². The molecule has 2 rings (SSSR count). The van der Waals surface area contributed by atoms with E-state index in [0.717, 1.165) is 17.1 Å². The highest BCUT2D eigenvalue weighted by molar-refractivity contribution is 6.28. The van der Waals surface area contributed by atoms with Gasteiger partial charge in [0, 0.05) is 11.0 Å². The van der Waals surface area contributed by atoms with Gasteiger partial charge < -0.3 is 4.74 Å². The van der Waals surface area contributed by atoms with Gasteiger partial charge in [-0.15, -0.1) is 10.2 Å². The molecule has 0 atom stereocenters. The van der Waals surface area contributed by atoms with Crippen molar-refractivity contribution >= 4 is 11.6 Å². The third kappa shape index (κ3) is 2.89. The monoisotopic (exact) mass is 279 g/mol. The van der Waals surface area contributed by atoms with Gasteiger partial charge in [0.2, 0.25) is 5.28 Å². The summed E-state index contributed by atoms with van der Waals surface area (Å²) < 4.78 is 7.28. The largest absolute Gasteiger partial charge is 0.496 e. The Bertz CT molecular complexity index is 572. The van der Waals surface area contributed by atoms with E-state index in [1.807, 2.05) is 28.8 Å². The molecular weight excluding hydrogens is 262 g/mol. The van der Waals surface area contributed by atoms with Gasteiger partial charge in [-0.1, -0.05) is 39.0 Å². The molecule has 0 bridgehead atoms. The van der Waals surface area contributed by atoms with E-state index in [9.17, 15) is 0 Å². The first kappa shape index (κ1) is 13.9. The molecule has 0 aliphatic carbocycles. The molecule has 0 N–H and O–H groups in total. The Labute approximate surface area is 118 Å². The third-order valence-corrected chi connectivity index (χ3v) is 3.18. The lowest BCUT2D eigenvalue weighted by Gasteiger charge is -2.19. The van der Waals surface area contributed by atoms with Crippen LogP contribution in [0.25, 0.3) is 0 Å². The lowest BCUT2D eigenvalue weighted by atomic mass is 9.95. The van der Waals surface area contributed by atoms with E-state index in [-0.39, 0.29) is 5.41 Å². The van der Waals surface area contributed by atoms with Crippen molar-refractivity contribution in [2.75, 3.05) is 7.11 Å². The molecule has 0 saturated carbocycles. The number of methoxy groups -OCH3 is 1. The maximum atomic E-state index is 6.14. The van der Waals surface area contributed by atoms with Crippen molar-refractivity contribution in [1.29, 1.82) is 0 Å². The molecule has 0 saturated heterocycles. The second kappa shape index (κ2) is 5.21. The van der Waals surface area contributed by atoms with E-state index in [1.165, 1.54) is 0 Å². The smallest absolute Gasteiger partial charge is 0.225 e. The molecule has 0 aliphatic heterocycles. The van der Waals surface area contributed by atoms with Crippen LogP contribution < -0.4 is 4.74 Å². The number of ether oxygens (including phenoxy) is 1. The van der Waals surface area contributed by atoms with Crippen LogP contribution in [0.15, 0.2) is 24.3 Å². The zero-order chi connectivity index (χ0) is 14.0. The van der Waals surface area contributed by atoms with Crippen molar-refractivity contribution in [2.45, 2.75) is 32.7 Å². The number of benzene rings is 1. The van der Waals surface area contributed by atoms with Crippen LogP contribution in [0.2, 0.25) is 5.28 Å². The zero-order valence-electron chi connectivity index (χ0n) is 11.6. The van der Waals surface area contributed by atoms with Crippen LogP contribution in [0, 0.1) is 0 Å². The van der Waals surface area contributed by atoms with Crippen molar-refractivity contribution in [3.05, 3.63) is 40.9 Å². The molecule has 5 heteroatoms. The minimum Gasteiger partial charge on any atom is -0.496 e. The Morgan fingerprint density at radius 3 is 2.53 bits per heavy atom. The van der Waals surface area contributed by atoms with Crippen LogP contribution in [-0.2, 0) is 12.0 Å². The van der Waals surface area contributed by atoms with E-state index in [2.05, 4.69) is 31.0 Å². The Kier molecular flexibility index (Phi) is 3.80. The molecule has 102 valence electrons. The predicted octanol–water partition coefficient (Wildman–Crippen LogP) is 3.29. The van der Waals surface area contributed by atoms with E-state index >= 15 is 0 Å². The first-order chi connectivity index (χ1) is 8.93. The second-order valence-electron chi connectivity index (χ2n) is 5.44. The quantitative estimate of drug-likeness (QED) is 0.866. The summed E-state index contributed by atoms with van der Waals surface area (Å²) in [5.74, 6) is 1.70. The van der Waals surface area contributed by atoms with Crippen molar-refractivity contribution < 1.29 is 4.74 Å². The maximum absolute atomic E-state index is 6.14. The lowest BCUT2D eigenvalue weighted by molar-refractivity contribution is 0.407. The van der Waals surface area contributed by atoms with Gasteiger partial charge in [-0.3, -0.25) is 4.57 Å². The van der Waals surface area contributed by atoms with Gasteiger partial charge in [-0.25, -0.2) is 0 Å². The number of aromatic nitrogens is 3. The first-order valence-electron chi connectivity index (χ1n) is 6.14. The summed E-state index contributed by atoms with van der Waals surface area (Å²) in [5, 5.41) is 8.55. The van der Waals surface area contributed by atoms with Crippen LogP contribution >= 0.6 is 11.6 Å². The van der Waals surface area contributed by atoms with Crippen LogP contribution in [0.5, 0.6) is 5.75 Å². The third-order valence-electron chi connectivity index (χ3n) is 2.90. The van der Waals surface area contributed by atoms with Crippen molar-refractivity contribution in [3.8, 4) is 5.75 Å². The fraction of sp³-hybridized carbons (Fsp3) is 0.429. The molecule has 0 unspecified atom stereocenters. The van der Waals surface area contributed by atoms with Crippen LogP contribution in [-0.4, -0.2) is 21.9 Å². The molecule has 4 nitrogen and oxygen atoms in total. The minimum atomic E-state index is -0.109. The predicted molar refractivity (Wildman–Crippen MR) is 75.8 cm³/mol. The molecule has 1 heterocycles. The summed E-state index contributed by atoms with van der Waals surface area (Å²) in [5.41, 5.74) is 0.944. The summed E-state index contributed by atoms with van der Waals surface area (Å²) >= 11 is 6.14. The SMILES string of the molecule is COc1ccccc1Cn1c(Cl)nnc1C(C)(C)C. The molecule has 1 aromatic carbocycles. The van der Waals surface area contributed by atoms with Gasteiger partial charge in [0.25, 0.3) is 0 Å². The van der Waals surface area contributed by atoms with Crippen molar-refractivity contribution in [1.82, 2.24) is 14.8 Å². The van der Waals surface area contributed by atoms with Crippen LogP contribution in [0.1, 0.15) is 32.2 Å². The molecule has 1 aromatic heterocycles. The average Bonchev–Trinajstić information content (AvgIpc) is 2.71. The molecule has 0 fully saturated rings. The average molecular weight is 280 g/mol. The number of rotatable bonds is 3. The highest BCUT2D eigenvalue weighted by Gasteiger charge is 2.23. The van der Waals surface area contributed by atoms with Gasteiger partial charge in [0.15, 0.2) is 0 Å². The summed E-state index contributed by atoms with van der Waals surface area (Å²) in [7, 11) is 1.66. The van der Waals surface area contributed by atoms with Gasteiger partial charge in [-0.2, -0.15) is 0 Å². The molecule has 0 aliphatic rings. The van der Waals surface area contributed by atoms with E-state index in [0.29, 0.717) is 11.8 Å². The Morgan fingerprint density at radius 1 is 1.21 bits per heavy atom. The number of nitrogens with zero attached hydrogens (tertiary/aromatic N) is 3. The molecule has 2 aromatic rings. The Balaban J connectivity index is 2.41. The second-order valence-corrected chi connectivity index (χ2v) is 5.78. The number of para-hydroxylation sites is 1. The van der Waals surface area contributed by atoms with Crippen LogP contribution in [0.3, 0.4) is 0 Å². The summed E-state index contributed by atoms with van der Waals surface area (Å²) in [4.78, 5) is 0. The summed E-state index contributed by atoms with van der Waals surface area (Å²) in [6, 6.07) is 7.87. The molecular formula is C14H18ClN3O. The summed E-state index contributed by atoms with van der Waals surface area (Å²) in [6.07, 6.45) is 0. The number of hydrogen-bond acceptors (Lipinski definition) is 3. The van der Waals surface area contributed by atoms with E-state index < -0.39 is 0 Å². The fourth-order valence-electron chi connectivity index (χ4n) is 1.98. The van der Waals surface area contributed by atoms with Crippen LogP contribution in [0.4, 0.5) is 0 Å². The number of hydrogen-bond donors (Lipinski definition) is 0. The fourth-order valence-corrected chi connectivity index (χ4v) is 2.16. The van der Waals surface area contributed by atoms with E-state index in [1.54, 1.807) is 7.11 Å². The normalized spacial score (nSPS) is 11.6.